The molecular formula is C21H21N5O4S. The molecule has 0 spiro atoms. The Labute approximate surface area is 181 Å². The minimum Gasteiger partial charge on any atom is -0.322 e. The number of benzene rings is 1. The first kappa shape index (κ1) is 20.7. The van der Waals surface area contributed by atoms with E-state index in [0.717, 1.165) is 16.0 Å². The molecule has 1 fully saturated rings. The topological polar surface area (TPSA) is 113 Å². The largest absolute Gasteiger partial charge is 0.344 e. The van der Waals surface area contributed by atoms with Crippen molar-refractivity contribution >= 4 is 39.4 Å². The summed E-state index contributed by atoms with van der Waals surface area (Å²) < 4.78 is 1.17. The van der Waals surface area contributed by atoms with E-state index >= 15 is 0 Å². The summed E-state index contributed by atoms with van der Waals surface area (Å²) in [6, 6.07) is 8.81. The Kier molecular flexibility index (Phi) is 5.10. The van der Waals surface area contributed by atoms with Crippen molar-refractivity contribution in [2.75, 3.05) is 0 Å². The molecule has 1 aliphatic rings. The van der Waals surface area contributed by atoms with Crippen molar-refractivity contribution in [3.05, 3.63) is 51.9 Å². The number of hydrazine groups is 1. The Morgan fingerprint density at radius 1 is 1.23 bits per heavy atom. The Morgan fingerprint density at radius 3 is 2.58 bits per heavy atom. The standard InChI is InChI=1S/C21H21N5O4S/c1-4-21(3)19(29)26(20(30)23-21)24-14(27)10-25-11-22-17-16(18(25)28)15(12(2)31-17)13-8-6-5-7-9-13/h5-9,11H,4,10H2,1-3H3,(H,23,30)(H,24,27). The van der Waals surface area contributed by atoms with Crippen LogP contribution in [0.5, 0.6) is 0 Å². The van der Waals surface area contributed by atoms with Crippen molar-refractivity contribution in [3.63, 3.8) is 0 Å². The molecule has 1 unspecified atom stereocenters. The highest BCUT2D eigenvalue weighted by atomic mass is 32.1. The van der Waals surface area contributed by atoms with Gasteiger partial charge in [-0.1, -0.05) is 37.3 Å². The van der Waals surface area contributed by atoms with E-state index in [1.807, 2.05) is 37.3 Å². The Balaban J connectivity index is 1.63. The SMILES string of the molecule is CCC1(C)NC(=O)N(NC(=O)Cn2cnc3sc(C)c(-c4ccccc4)c3c2=O)C1=O. The number of hydrogen-bond acceptors (Lipinski definition) is 6. The first-order valence-electron chi connectivity index (χ1n) is 9.75. The summed E-state index contributed by atoms with van der Waals surface area (Å²) in [5.41, 5.74) is 2.55. The lowest BCUT2D eigenvalue weighted by Crippen LogP contribution is -2.49. The molecule has 3 heterocycles. The van der Waals surface area contributed by atoms with Crippen molar-refractivity contribution in [2.24, 2.45) is 0 Å². The van der Waals surface area contributed by atoms with Gasteiger partial charge < -0.3 is 5.32 Å². The Hall–Kier alpha value is -3.53. The number of rotatable bonds is 5. The van der Waals surface area contributed by atoms with Gasteiger partial charge in [-0.25, -0.2) is 9.78 Å². The molecule has 4 amide bonds. The third-order valence-corrected chi connectivity index (χ3v) is 6.45. The summed E-state index contributed by atoms with van der Waals surface area (Å²) >= 11 is 1.41. The zero-order valence-corrected chi connectivity index (χ0v) is 18.1. The molecule has 1 saturated heterocycles. The first-order valence-corrected chi connectivity index (χ1v) is 10.6. The van der Waals surface area contributed by atoms with Crippen LogP contribution in [0.4, 0.5) is 4.79 Å². The second kappa shape index (κ2) is 7.62. The lowest BCUT2D eigenvalue weighted by Gasteiger charge is -2.19. The summed E-state index contributed by atoms with van der Waals surface area (Å²) in [7, 11) is 0. The van der Waals surface area contributed by atoms with Gasteiger partial charge >= 0.3 is 6.03 Å². The van der Waals surface area contributed by atoms with Gasteiger partial charge in [0.05, 0.1) is 11.7 Å². The highest BCUT2D eigenvalue weighted by Gasteiger charge is 2.47. The van der Waals surface area contributed by atoms with Gasteiger partial charge in [-0.3, -0.25) is 24.4 Å². The number of urea groups is 1. The van der Waals surface area contributed by atoms with Gasteiger partial charge in [-0.15, -0.1) is 11.3 Å². The monoisotopic (exact) mass is 439 g/mol. The molecule has 0 radical (unpaired) electrons. The number of nitrogens with one attached hydrogen (secondary N) is 2. The van der Waals surface area contributed by atoms with Gasteiger partial charge in [-0.2, -0.15) is 5.01 Å². The minimum atomic E-state index is -1.07. The Bertz CT molecular complexity index is 1270. The minimum absolute atomic E-state index is 0.362. The van der Waals surface area contributed by atoms with Crippen LogP contribution in [0.15, 0.2) is 41.5 Å². The number of fused-ring (bicyclic) bond motifs is 1. The average molecular weight is 439 g/mol. The molecule has 2 aromatic heterocycles. The smallest absolute Gasteiger partial charge is 0.322 e. The lowest BCUT2D eigenvalue weighted by molar-refractivity contribution is -0.139. The molecule has 1 aliphatic heterocycles. The van der Waals surface area contributed by atoms with E-state index in [-0.39, 0.29) is 12.1 Å². The molecule has 1 aromatic carbocycles. The normalized spacial score (nSPS) is 18.5. The fourth-order valence-electron chi connectivity index (χ4n) is 3.54. The van der Waals surface area contributed by atoms with Gasteiger partial charge in [0.25, 0.3) is 17.4 Å². The molecule has 4 rings (SSSR count). The Morgan fingerprint density at radius 2 is 1.94 bits per heavy atom. The second-order valence-corrected chi connectivity index (χ2v) is 8.75. The van der Waals surface area contributed by atoms with E-state index in [0.29, 0.717) is 21.6 Å². The van der Waals surface area contributed by atoms with Gasteiger partial charge in [0, 0.05) is 10.4 Å². The first-order chi connectivity index (χ1) is 14.7. The quantitative estimate of drug-likeness (QED) is 0.592. The predicted molar refractivity (Wildman–Crippen MR) is 116 cm³/mol. The van der Waals surface area contributed by atoms with Crippen molar-refractivity contribution in [1.82, 2.24) is 25.3 Å². The molecule has 0 saturated carbocycles. The predicted octanol–water partition coefficient (Wildman–Crippen LogP) is 2.19. The number of carbonyl (C=O) groups is 3. The van der Waals surface area contributed by atoms with Crippen molar-refractivity contribution in [2.45, 2.75) is 39.3 Å². The molecular weight excluding hydrogens is 418 g/mol. The van der Waals surface area contributed by atoms with Crippen molar-refractivity contribution in [3.8, 4) is 11.1 Å². The van der Waals surface area contributed by atoms with E-state index in [9.17, 15) is 19.2 Å². The number of imide groups is 1. The van der Waals surface area contributed by atoms with Crippen LogP contribution in [-0.4, -0.2) is 37.9 Å². The maximum atomic E-state index is 13.2. The van der Waals surface area contributed by atoms with E-state index < -0.39 is 23.4 Å². The van der Waals surface area contributed by atoms with Crippen LogP contribution in [0.3, 0.4) is 0 Å². The number of aromatic nitrogens is 2. The zero-order chi connectivity index (χ0) is 22.3. The van der Waals surface area contributed by atoms with Crippen LogP contribution in [0.2, 0.25) is 0 Å². The third-order valence-electron chi connectivity index (χ3n) is 5.44. The van der Waals surface area contributed by atoms with Gasteiger partial charge in [-0.05, 0) is 25.8 Å². The summed E-state index contributed by atoms with van der Waals surface area (Å²) in [5.74, 6) is -1.23. The highest BCUT2D eigenvalue weighted by Crippen LogP contribution is 2.35. The van der Waals surface area contributed by atoms with Crippen LogP contribution < -0.4 is 16.3 Å². The van der Waals surface area contributed by atoms with E-state index in [4.69, 9.17) is 0 Å². The number of nitrogens with zero attached hydrogens (tertiary/aromatic N) is 3. The molecule has 9 nitrogen and oxygen atoms in total. The summed E-state index contributed by atoms with van der Waals surface area (Å²) in [5, 5.41) is 3.66. The van der Waals surface area contributed by atoms with Gasteiger partial charge in [0.1, 0.15) is 16.9 Å². The molecule has 0 bridgehead atoms. The van der Waals surface area contributed by atoms with Crippen LogP contribution >= 0.6 is 11.3 Å². The maximum absolute atomic E-state index is 13.2. The summed E-state index contributed by atoms with van der Waals surface area (Å²) in [4.78, 5) is 56.1. The van der Waals surface area contributed by atoms with E-state index in [1.165, 1.54) is 22.2 Å². The molecule has 0 aliphatic carbocycles. The highest BCUT2D eigenvalue weighted by molar-refractivity contribution is 7.19. The van der Waals surface area contributed by atoms with Crippen LogP contribution in [0.1, 0.15) is 25.1 Å². The van der Waals surface area contributed by atoms with E-state index in [2.05, 4.69) is 15.7 Å². The molecule has 3 aromatic rings. The maximum Gasteiger partial charge on any atom is 0.344 e. The van der Waals surface area contributed by atoms with Gasteiger partial charge in [0.15, 0.2) is 0 Å². The number of aryl methyl sites for hydroxylation is 1. The molecule has 2 N–H and O–H groups in total. The number of hydrogen-bond donors (Lipinski definition) is 2. The summed E-state index contributed by atoms with van der Waals surface area (Å²) in [6.07, 6.45) is 1.68. The fraction of sp³-hybridized carbons (Fsp3) is 0.286. The molecule has 10 heteroatoms. The van der Waals surface area contributed by atoms with Crippen LogP contribution in [-0.2, 0) is 16.1 Å². The van der Waals surface area contributed by atoms with E-state index in [1.54, 1.807) is 13.8 Å². The van der Waals surface area contributed by atoms with Crippen molar-refractivity contribution < 1.29 is 14.4 Å². The average Bonchev–Trinajstić information content (AvgIpc) is 3.20. The van der Waals surface area contributed by atoms with Crippen LogP contribution in [0.25, 0.3) is 21.3 Å². The molecule has 160 valence electrons. The fourth-order valence-corrected chi connectivity index (χ4v) is 4.55. The summed E-state index contributed by atoms with van der Waals surface area (Å²) in [6.45, 7) is 4.89. The third kappa shape index (κ3) is 3.48. The number of thiophene rings is 1. The molecule has 31 heavy (non-hydrogen) atoms. The lowest BCUT2D eigenvalue weighted by atomic mass is 10.00. The van der Waals surface area contributed by atoms with Gasteiger partial charge in [0.2, 0.25) is 0 Å². The number of carbonyl (C=O) groups excluding carboxylic acids is 3. The zero-order valence-electron chi connectivity index (χ0n) is 17.3. The number of amides is 4. The van der Waals surface area contributed by atoms with Crippen molar-refractivity contribution in [1.29, 1.82) is 0 Å². The molecule has 1 atom stereocenters. The second-order valence-electron chi connectivity index (χ2n) is 7.55. The van der Waals surface area contributed by atoms with Crippen LogP contribution in [0, 0.1) is 6.92 Å².